The second-order valence-electron chi connectivity index (χ2n) is 30.0. The maximum Gasteiger partial charge on any atom is 0.294 e. The predicted octanol–water partition coefficient (Wildman–Crippen LogP) is 2.88. The summed E-state index contributed by atoms with van der Waals surface area (Å²) in [6, 6.07) is 10.5. The fraction of sp³-hybridized carbons (Fsp3) is 0.512. The number of guanidine groups is 1. The lowest BCUT2D eigenvalue weighted by atomic mass is 9.81. The second-order valence-corrected chi connectivity index (χ2v) is 33.8. The molecule has 0 saturated carbocycles. The minimum absolute atomic E-state index is 0.0137. The molecule has 6 atom stereocenters. The Hall–Kier alpha value is -10.4. The zero-order valence-electron chi connectivity index (χ0n) is 68.7. The molecule has 0 bridgehead atoms. The molecule has 1 saturated heterocycles. The van der Waals surface area contributed by atoms with Crippen LogP contribution in [0.5, 0.6) is 0 Å². The fourth-order valence-corrected chi connectivity index (χ4v) is 15.0. The second kappa shape index (κ2) is 46.1. The number of fused-ring (bicyclic) bond motifs is 2. The maximum atomic E-state index is 13.8. The lowest BCUT2D eigenvalue weighted by Crippen LogP contribution is -2.57. The van der Waals surface area contributed by atoms with Crippen molar-refractivity contribution >= 4 is 120 Å². The zero-order chi connectivity index (χ0) is 87.1. The van der Waals surface area contributed by atoms with Crippen LogP contribution in [0.3, 0.4) is 0 Å². The largest absolute Gasteiger partial charge is 0.394 e. The van der Waals surface area contributed by atoms with Gasteiger partial charge in [0.05, 0.1) is 59.2 Å². The molecule has 38 heteroatoms. The van der Waals surface area contributed by atoms with Crippen LogP contribution in [0.2, 0.25) is 0 Å². The Bertz CT molecular complexity index is 4510. The number of amides is 10. The number of allylic oxidation sites excluding steroid dienone is 8. The first-order valence-corrected chi connectivity index (χ1v) is 43.3. The van der Waals surface area contributed by atoms with Gasteiger partial charge in [0.15, 0.2) is 5.96 Å². The Kier molecular flexibility index (Phi) is 37.7. The first-order chi connectivity index (χ1) is 55.8. The van der Waals surface area contributed by atoms with Crippen LogP contribution in [-0.4, -0.2) is 235 Å². The summed E-state index contributed by atoms with van der Waals surface area (Å²) >= 11 is 1.23. The highest BCUT2D eigenvalue weighted by Crippen LogP contribution is 2.49. The summed E-state index contributed by atoms with van der Waals surface area (Å²) in [6.45, 7) is 14.7. The molecule has 3 aromatic carbocycles. The summed E-state index contributed by atoms with van der Waals surface area (Å²) in [4.78, 5) is 145. The van der Waals surface area contributed by atoms with Crippen molar-refractivity contribution in [2.24, 2.45) is 21.8 Å². The number of rotatable bonds is 47. The van der Waals surface area contributed by atoms with Gasteiger partial charge in [0.25, 0.3) is 20.2 Å². The smallest absolute Gasteiger partial charge is 0.294 e. The molecule has 0 aromatic heterocycles. The first-order valence-electron chi connectivity index (χ1n) is 39.0. The predicted molar refractivity (Wildman–Crippen MR) is 450 cm³/mol. The maximum absolute atomic E-state index is 13.8. The number of nitrogens with two attached hydrogens (primary N) is 1. The number of nitrogens with zero attached hydrogens (tertiary/aromatic N) is 4. The van der Waals surface area contributed by atoms with Crippen LogP contribution >= 0.6 is 11.8 Å². The number of carbonyl (C=O) groups excluding carboxylic acids is 10. The molecule has 16 N–H and O–H groups in total. The Balaban J connectivity index is 0.861. The number of nitrogens with one attached hydrogen (secondary N) is 12. The van der Waals surface area contributed by atoms with E-state index in [1.165, 1.54) is 54.9 Å². The van der Waals surface area contributed by atoms with Crippen LogP contribution in [0.15, 0.2) is 129 Å². The molecule has 10 amide bonds. The molecule has 0 radical (unpaired) electrons. The number of oxime groups is 1. The Morgan fingerprint density at radius 1 is 0.686 bits per heavy atom. The Morgan fingerprint density at radius 2 is 1.32 bits per heavy atom. The molecule has 118 heavy (non-hydrogen) atoms. The van der Waals surface area contributed by atoms with Crippen LogP contribution in [0, 0.1) is 11.3 Å². The molecule has 1 fully saturated rings. The minimum Gasteiger partial charge on any atom is -0.394 e. The SMILES string of the molecule is CNC(=O)[C@@H](CCCNC(=N)N)NC(=O)CNC(=O)[C@H](C)NC(=O)[C@H](CSC)NC(=O)CNC(=O)[C@H](CC(C)C)NC(=O)[C@@H]1CCCN1C(=O)COCCNC(=O)[C@H](Cc1ccc(/C(C)=N/OCCNC(=O)CCCCCN2/C(=C/C=C/C=C/C=C/C3=Nc4ccc(S(=O)(=O)O)cc4C3(C)C)C(C)(C)c3cc(S(=O)(=O)O)ccc32)cc1)NC. The van der Waals surface area contributed by atoms with E-state index in [1.54, 1.807) is 32.4 Å². The van der Waals surface area contributed by atoms with Crippen molar-refractivity contribution in [2.45, 2.75) is 176 Å². The summed E-state index contributed by atoms with van der Waals surface area (Å²) in [5.74, 6) is -5.75. The van der Waals surface area contributed by atoms with E-state index in [4.69, 9.17) is 20.7 Å². The van der Waals surface area contributed by atoms with Gasteiger partial charge in [0, 0.05) is 67.6 Å². The van der Waals surface area contributed by atoms with Gasteiger partial charge in [-0.15, -0.1) is 0 Å². The van der Waals surface area contributed by atoms with Crippen LogP contribution in [0.1, 0.15) is 135 Å². The van der Waals surface area contributed by atoms with Crippen LogP contribution < -0.4 is 69.1 Å². The van der Waals surface area contributed by atoms with E-state index in [0.717, 1.165) is 28.1 Å². The van der Waals surface area contributed by atoms with E-state index in [9.17, 15) is 73.9 Å². The highest BCUT2D eigenvalue weighted by molar-refractivity contribution is 7.98. The third-order valence-electron chi connectivity index (χ3n) is 19.9. The molecule has 3 aliphatic rings. The number of anilines is 1. The van der Waals surface area contributed by atoms with E-state index >= 15 is 0 Å². The van der Waals surface area contributed by atoms with Gasteiger partial charge < -0.3 is 83.6 Å². The molecule has 0 aliphatic carbocycles. The number of carbonyl (C=O) groups is 10. The zero-order valence-corrected chi connectivity index (χ0v) is 71.2. The van der Waals surface area contributed by atoms with Crippen molar-refractivity contribution in [1.29, 1.82) is 5.41 Å². The van der Waals surface area contributed by atoms with E-state index in [0.29, 0.717) is 74.2 Å². The summed E-state index contributed by atoms with van der Waals surface area (Å²) in [5.41, 5.74) is 10.7. The summed E-state index contributed by atoms with van der Waals surface area (Å²) < 4.78 is 73.2. The number of unbranched alkanes of at least 4 members (excludes halogenated alkanes) is 2. The molecule has 0 unspecified atom stereocenters. The van der Waals surface area contributed by atoms with Crippen LogP contribution in [0.25, 0.3) is 0 Å². The highest BCUT2D eigenvalue weighted by atomic mass is 32.2. The van der Waals surface area contributed by atoms with Crippen molar-refractivity contribution in [1.82, 2.24) is 63.4 Å². The lowest BCUT2D eigenvalue weighted by molar-refractivity contribution is -0.142. The molecular formula is C80H115N17O18S3. The Labute approximate surface area is 694 Å². The van der Waals surface area contributed by atoms with Gasteiger partial charge in [-0.25, -0.2) is 0 Å². The van der Waals surface area contributed by atoms with Crippen molar-refractivity contribution in [3.63, 3.8) is 0 Å². The van der Waals surface area contributed by atoms with E-state index in [2.05, 4.69) is 73.5 Å². The number of ether oxygens (including phenoxy) is 1. The van der Waals surface area contributed by atoms with Crippen molar-refractivity contribution in [3.8, 4) is 0 Å². The molecule has 0 spiro atoms. The minimum atomic E-state index is -4.47. The van der Waals surface area contributed by atoms with E-state index in [-0.39, 0.29) is 104 Å². The third kappa shape index (κ3) is 29.6. The molecule has 3 aromatic rings. The van der Waals surface area contributed by atoms with Gasteiger partial charge in [-0.05, 0) is 155 Å². The number of thioether (sulfide) groups is 1. The molecule has 6 rings (SSSR count). The number of aliphatic imine (C=N–C) groups is 1. The normalized spacial score (nSPS) is 16.6. The fourth-order valence-electron chi connectivity index (χ4n) is 13.4. The topological polar surface area (TPSA) is 511 Å². The van der Waals surface area contributed by atoms with Crippen LogP contribution in [0.4, 0.5) is 11.4 Å². The molecule has 3 heterocycles. The van der Waals surface area contributed by atoms with Gasteiger partial charge in [0.1, 0.15) is 43.4 Å². The number of benzene rings is 3. The van der Waals surface area contributed by atoms with Gasteiger partial charge in [-0.3, -0.25) is 67.5 Å². The first kappa shape index (κ1) is 96.5. The number of hydrogen-bond acceptors (Lipinski definition) is 22. The molecule has 35 nitrogen and oxygen atoms in total. The highest BCUT2D eigenvalue weighted by Gasteiger charge is 2.42. The molecule has 646 valence electrons. The Morgan fingerprint density at radius 3 is 1.97 bits per heavy atom. The van der Waals surface area contributed by atoms with Gasteiger partial charge >= 0.3 is 0 Å². The summed E-state index contributed by atoms with van der Waals surface area (Å²) in [5, 5.41) is 40.6. The standard InChI is InChI=1S/C80H115N17O18S3/c1-50(2)42-62(75(105)89-47-70(100)93-63(49-116-11)76(106)90-52(4)72(102)88-46-69(99)92-60(73(103)84-10)22-20-35-87-78(81)82)94-77(107)65-23-21-39-97(65)71(101)48-114-40-36-86-74(104)61(83-9)43-53-27-29-54(30-28-53)51(3)95-115-41-37-85-68(98)26-18-15-19-38-96-64-34-32-56(118(111,112)113)45-58(64)80(7,8)67(96)25-17-14-12-13-16-24-66-79(5,6)57-44-55(117(108,109)110)31-33-59(57)91-66/h12-14,16-17,24-25,27-34,44-45,50,52,60-63,65,83H,15,18-23,26,35-43,46-49H2,1-11H3,(H,84,103)(H,85,98)(H,86,104)(H,88,102)(H,89,105)(H,90,106)(H,92,99)(H,93,100)(H,94,107)(H4,81,82,87)(H,108,109,110)(H,111,112,113)/b13-12+,17-14+,24-16+,67-25+,95-51+/t52-,60+,61-,62-,63-,65-/m0/s1. The quantitative estimate of drug-likeness (QED) is 0.00965. The molecular weight excluding hydrogens is 1580 g/mol. The van der Waals surface area contributed by atoms with Gasteiger partial charge in [-0.1, -0.05) is 108 Å². The van der Waals surface area contributed by atoms with Crippen molar-refractivity contribution in [3.05, 3.63) is 131 Å². The number of likely N-dealkylation sites (tertiary alicyclic amines) is 1. The third-order valence-corrected chi connectivity index (χ3v) is 22.2. The number of likely N-dealkylation sites (N-methyl/N-ethyl adjacent to an activating group) is 2. The summed E-state index contributed by atoms with van der Waals surface area (Å²) in [6.07, 6.45) is 19.0. The number of hydrogen-bond donors (Lipinski definition) is 15. The van der Waals surface area contributed by atoms with Crippen molar-refractivity contribution < 1.29 is 83.5 Å². The van der Waals surface area contributed by atoms with Gasteiger partial charge in [0.2, 0.25) is 59.1 Å². The van der Waals surface area contributed by atoms with Gasteiger partial charge in [-0.2, -0.15) is 28.6 Å². The average molecular weight is 1700 g/mol. The van der Waals surface area contributed by atoms with E-state index < -0.39 is 128 Å². The summed E-state index contributed by atoms with van der Waals surface area (Å²) in [7, 11) is -5.79. The average Bonchev–Trinajstić information content (AvgIpc) is 1.57. The van der Waals surface area contributed by atoms with Crippen LogP contribution in [-0.2, 0) is 95.0 Å². The molecule has 3 aliphatic heterocycles. The van der Waals surface area contributed by atoms with E-state index in [1.807, 2.05) is 108 Å². The lowest BCUT2D eigenvalue weighted by Gasteiger charge is -2.27. The monoisotopic (exact) mass is 1700 g/mol. The van der Waals surface area contributed by atoms with Crippen molar-refractivity contribution in [2.75, 3.05) is 96.6 Å².